The first-order chi connectivity index (χ1) is 7.88. The van der Waals surface area contributed by atoms with Crippen LogP contribution in [0.25, 0.3) is 22.2 Å². The van der Waals surface area contributed by atoms with Gasteiger partial charge in [0.05, 0.1) is 11.9 Å². The molecule has 0 unspecified atom stereocenters. The second kappa shape index (κ2) is 3.50. The number of nitrogens with zero attached hydrogens (tertiary/aromatic N) is 1. The van der Waals surface area contributed by atoms with Crippen LogP contribution in [0, 0.1) is 0 Å². The highest BCUT2D eigenvalue weighted by Gasteiger charge is 2.07. The molecule has 80 valence electrons. The summed E-state index contributed by atoms with van der Waals surface area (Å²) in [6, 6.07) is 8.08. The minimum atomic E-state index is -0.0671. The van der Waals surface area contributed by atoms with E-state index >= 15 is 0 Å². The number of aromatic nitrogens is 3. The van der Waals surface area contributed by atoms with Gasteiger partial charge in [-0.05, 0) is 6.07 Å². The molecule has 0 bridgehead atoms. The fourth-order valence-electron chi connectivity index (χ4n) is 1.87. The lowest BCUT2D eigenvalue weighted by Gasteiger charge is -1.94. The van der Waals surface area contributed by atoms with E-state index in [2.05, 4.69) is 21.0 Å². The Labute approximate surface area is 92.0 Å². The highest BCUT2D eigenvalue weighted by atomic mass is 16.3. The summed E-state index contributed by atoms with van der Waals surface area (Å²) in [7, 11) is 0. The van der Waals surface area contributed by atoms with Crippen molar-refractivity contribution in [3.63, 3.8) is 0 Å². The molecule has 0 saturated heterocycles. The molecule has 3 N–H and O–H groups in total. The highest BCUT2D eigenvalue weighted by molar-refractivity contribution is 5.94. The van der Waals surface area contributed by atoms with Crippen LogP contribution in [0.4, 0.5) is 0 Å². The van der Waals surface area contributed by atoms with Crippen molar-refractivity contribution in [2.45, 2.75) is 6.61 Å². The van der Waals surface area contributed by atoms with Gasteiger partial charge in [-0.15, -0.1) is 0 Å². The second-order valence-corrected chi connectivity index (χ2v) is 3.65. The largest absolute Gasteiger partial charge is 0.388 e. The first-order valence-electron chi connectivity index (χ1n) is 5.09. The molecule has 0 radical (unpaired) electrons. The summed E-state index contributed by atoms with van der Waals surface area (Å²) in [6.45, 7) is -0.0671. The van der Waals surface area contributed by atoms with Crippen molar-refractivity contribution in [3.05, 3.63) is 42.5 Å². The molecule has 2 aromatic heterocycles. The second-order valence-electron chi connectivity index (χ2n) is 3.65. The molecule has 0 amide bonds. The first-order valence-corrected chi connectivity index (χ1v) is 5.09. The summed E-state index contributed by atoms with van der Waals surface area (Å²) in [5, 5.41) is 10.1. The fraction of sp³-hybridized carbons (Fsp3) is 0.0833. The molecule has 0 saturated carbocycles. The van der Waals surface area contributed by atoms with Gasteiger partial charge in [-0.3, -0.25) is 0 Å². The standard InChI is InChI=1S/C12H11N3O/c16-7-12-14-6-11(15-12)9-5-13-10-4-2-1-3-8(9)10/h1-6,13,16H,7H2,(H,14,15). The summed E-state index contributed by atoms with van der Waals surface area (Å²) in [5.41, 5.74) is 3.09. The zero-order valence-corrected chi connectivity index (χ0v) is 8.57. The Morgan fingerprint density at radius 3 is 2.94 bits per heavy atom. The number of aliphatic hydroxyl groups is 1. The molecule has 1 aromatic carbocycles. The smallest absolute Gasteiger partial charge is 0.132 e. The van der Waals surface area contributed by atoms with Crippen molar-refractivity contribution in [1.82, 2.24) is 15.0 Å². The van der Waals surface area contributed by atoms with Crippen molar-refractivity contribution in [1.29, 1.82) is 0 Å². The number of para-hydroxylation sites is 1. The molecule has 4 nitrogen and oxygen atoms in total. The molecule has 3 rings (SSSR count). The van der Waals surface area contributed by atoms with Crippen LogP contribution in [0.1, 0.15) is 5.82 Å². The van der Waals surface area contributed by atoms with E-state index in [4.69, 9.17) is 5.11 Å². The van der Waals surface area contributed by atoms with Gasteiger partial charge in [-0.1, -0.05) is 18.2 Å². The molecule has 2 heterocycles. The Balaban J connectivity index is 2.18. The van der Waals surface area contributed by atoms with Crippen LogP contribution in [0.2, 0.25) is 0 Å². The van der Waals surface area contributed by atoms with Crippen LogP contribution < -0.4 is 0 Å². The topological polar surface area (TPSA) is 64.7 Å². The van der Waals surface area contributed by atoms with Gasteiger partial charge in [0, 0.05) is 22.7 Å². The maximum absolute atomic E-state index is 8.96. The number of fused-ring (bicyclic) bond motifs is 1. The average molecular weight is 213 g/mol. The zero-order chi connectivity index (χ0) is 11.0. The van der Waals surface area contributed by atoms with E-state index in [-0.39, 0.29) is 6.61 Å². The van der Waals surface area contributed by atoms with E-state index in [1.54, 1.807) is 6.20 Å². The Hall–Kier alpha value is -2.07. The van der Waals surface area contributed by atoms with Gasteiger partial charge in [0.2, 0.25) is 0 Å². The Morgan fingerprint density at radius 2 is 2.12 bits per heavy atom. The minimum Gasteiger partial charge on any atom is -0.388 e. The van der Waals surface area contributed by atoms with Gasteiger partial charge in [0.15, 0.2) is 0 Å². The Bertz CT molecular complexity index is 624. The fourth-order valence-corrected chi connectivity index (χ4v) is 1.87. The molecule has 0 aliphatic rings. The van der Waals surface area contributed by atoms with Crippen LogP contribution in [0.3, 0.4) is 0 Å². The lowest BCUT2D eigenvalue weighted by molar-refractivity contribution is 0.272. The lowest BCUT2D eigenvalue weighted by Crippen LogP contribution is -1.84. The predicted octanol–water partition coefficient (Wildman–Crippen LogP) is 2.05. The summed E-state index contributed by atoms with van der Waals surface area (Å²) in [5.74, 6) is 0.584. The molecular weight excluding hydrogens is 202 g/mol. The van der Waals surface area contributed by atoms with Crippen LogP contribution >= 0.6 is 0 Å². The molecule has 0 atom stereocenters. The molecule has 0 spiro atoms. The van der Waals surface area contributed by atoms with E-state index < -0.39 is 0 Å². The molecule has 3 aromatic rings. The number of rotatable bonds is 2. The summed E-state index contributed by atoms with van der Waals surface area (Å²) >= 11 is 0. The molecule has 0 fully saturated rings. The molecule has 4 heteroatoms. The van der Waals surface area contributed by atoms with Crippen molar-refractivity contribution in [2.24, 2.45) is 0 Å². The van der Waals surface area contributed by atoms with Crippen LogP contribution in [0.15, 0.2) is 36.7 Å². The number of benzene rings is 1. The quantitative estimate of drug-likeness (QED) is 0.610. The third-order valence-electron chi connectivity index (χ3n) is 2.66. The van der Waals surface area contributed by atoms with Gasteiger partial charge >= 0.3 is 0 Å². The zero-order valence-electron chi connectivity index (χ0n) is 8.57. The van der Waals surface area contributed by atoms with Crippen LogP contribution in [-0.2, 0) is 6.61 Å². The number of imidazole rings is 1. The number of aliphatic hydroxyl groups excluding tert-OH is 1. The van der Waals surface area contributed by atoms with Gasteiger partial charge in [-0.2, -0.15) is 0 Å². The average Bonchev–Trinajstić information content (AvgIpc) is 2.94. The predicted molar refractivity (Wildman–Crippen MR) is 61.8 cm³/mol. The van der Waals surface area contributed by atoms with E-state index in [0.717, 1.165) is 22.2 Å². The van der Waals surface area contributed by atoms with Gasteiger partial charge < -0.3 is 15.1 Å². The monoisotopic (exact) mass is 213 g/mol. The van der Waals surface area contributed by atoms with Gasteiger partial charge in [0.1, 0.15) is 12.4 Å². The lowest BCUT2D eigenvalue weighted by atomic mass is 10.1. The van der Waals surface area contributed by atoms with E-state index in [0.29, 0.717) is 5.82 Å². The molecule has 16 heavy (non-hydrogen) atoms. The highest BCUT2D eigenvalue weighted by Crippen LogP contribution is 2.26. The number of aromatic amines is 2. The number of nitrogens with one attached hydrogen (secondary N) is 2. The van der Waals surface area contributed by atoms with Crippen LogP contribution in [-0.4, -0.2) is 20.1 Å². The van der Waals surface area contributed by atoms with Gasteiger partial charge in [-0.25, -0.2) is 4.98 Å². The van der Waals surface area contributed by atoms with Crippen molar-refractivity contribution in [3.8, 4) is 11.3 Å². The first kappa shape index (κ1) is 9.18. The number of hydrogen-bond acceptors (Lipinski definition) is 2. The normalized spacial score (nSPS) is 11.1. The number of H-pyrrole nitrogens is 2. The summed E-state index contributed by atoms with van der Waals surface area (Å²) in [4.78, 5) is 10.4. The summed E-state index contributed by atoms with van der Waals surface area (Å²) in [6.07, 6.45) is 3.68. The van der Waals surface area contributed by atoms with Crippen LogP contribution in [0.5, 0.6) is 0 Å². The number of hydrogen-bond donors (Lipinski definition) is 3. The van der Waals surface area contributed by atoms with E-state index in [1.807, 2.05) is 24.4 Å². The summed E-state index contributed by atoms with van der Waals surface area (Å²) < 4.78 is 0. The third-order valence-corrected chi connectivity index (χ3v) is 2.66. The van der Waals surface area contributed by atoms with Crippen molar-refractivity contribution < 1.29 is 5.11 Å². The van der Waals surface area contributed by atoms with E-state index in [1.165, 1.54) is 0 Å². The maximum atomic E-state index is 8.96. The Kier molecular flexibility index (Phi) is 2.01. The maximum Gasteiger partial charge on any atom is 0.132 e. The molecule has 0 aliphatic carbocycles. The van der Waals surface area contributed by atoms with Crippen molar-refractivity contribution in [2.75, 3.05) is 0 Å². The van der Waals surface area contributed by atoms with E-state index in [9.17, 15) is 0 Å². The SMILES string of the molecule is OCc1ncc(-c2c[nH]c3ccccc23)[nH]1. The molecular formula is C12H11N3O. The molecule has 0 aliphatic heterocycles. The van der Waals surface area contributed by atoms with Gasteiger partial charge in [0.25, 0.3) is 0 Å². The van der Waals surface area contributed by atoms with Crippen molar-refractivity contribution >= 4 is 10.9 Å². The third kappa shape index (κ3) is 1.31. The minimum absolute atomic E-state index is 0.0671. The Morgan fingerprint density at radius 1 is 1.25 bits per heavy atom.